The first-order chi connectivity index (χ1) is 17.8. The number of benzene rings is 3. The molecule has 1 aliphatic rings. The highest BCUT2D eigenvalue weighted by atomic mass is 16.5. The fourth-order valence-corrected chi connectivity index (χ4v) is 5.22. The van der Waals surface area contributed by atoms with E-state index < -0.39 is 5.97 Å². The number of carboxylic acid groups (broad SMARTS) is 1. The molecule has 37 heavy (non-hydrogen) atoms. The molecule has 3 aromatic carbocycles. The molecule has 5 heteroatoms. The molecule has 0 bridgehead atoms. The number of hydrogen-bond donors (Lipinski definition) is 2. The van der Waals surface area contributed by atoms with E-state index in [1.54, 1.807) is 0 Å². The number of aliphatic carboxylic acids is 1. The van der Waals surface area contributed by atoms with Crippen molar-refractivity contribution in [2.75, 3.05) is 6.54 Å². The Balaban J connectivity index is 1.48. The molecule has 1 fully saturated rings. The molecule has 0 saturated heterocycles. The number of aromatic nitrogens is 1. The summed E-state index contributed by atoms with van der Waals surface area (Å²) in [5.41, 5.74) is 6.92. The number of hydrogen-bond acceptors (Lipinski definition) is 3. The normalized spacial score (nSPS) is 14.4. The lowest BCUT2D eigenvalue weighted by Crippen LogP contribution is -2.23. The molecule has 1 aliphatic carbocycles. The van der Waals surface area contributed by atoms with Crippen LogP contribution in [-0.2, 0) is 16.8 Å². The fourth-order valence-electron chi connectivity index (χ4n) is 5.22. The number of fused-ring (bicyclic) bond motifs is 1. The maximum absolute atomic E-state index is 11.1. The molecule has 1 heterocycles. The smallest absolute Gasteiger partial charge is 0.317 e. The van der Waals surface area contributed by atoms with Crippen LogP contribution in [0.3, 0.4) is 0 Å². The van der Waals surface area contributed by atoms with E-state index in [9.17, 15) is 4.79 Å². The summed E-state index contributed by atoms with van der Waals surface area (Å²) in [4.78, 5) is 11.1. The number of carboxylic acids is 1. The minimum absolute atomic E-state index is 0.0823. The van der Waals surface area contributed by atoms with E-state index in [4.69, 9.17) is 9.84 Å². The molecule has 0 atom stereocenters. The third kappa shape index (κ3) is 5.72. The molecule has 0 radical (unpaired) electrons. The van der Waals surface area contributed by atoms with Crippen LogP contribution in [0, 0.1) is 0 Å². The van der Waals surface area contributed by atoms with Crippen molar-refractivity contribution in [2.24, 2.45) is 0 Å². The van der Waals surface area contributed by atoms with E-state index in [0.29, 0.717) is 12.6 Å². The van der Waals surface area contributed by atoms with E-state index >= 15 is 0 Å². The van der Waals surface area contributed by atoms with Gasteiger partial charge in [0.25, 0.3) is 0 Å². The summed E-state index contributed by atoms with van der Waals surface area (Å²) in [7, 11) is 0. The second-order valence-corrected chi connectivity index (χ2v) is 11.1. The maximum atomic E-state index is 11.1. The number of carbonyl (C=O) groups is 1. The van der Waals surface area contributed by atoms with Crippen LogP contribution in [0.4, 0.5) is 0 Å². The van der Waals surface area contributed by atoms with E-state index in [1.807, 2.05) is 12.1 Å². The summed E-state index contributed by atoms with van der Waals surface area (Å²) in [5.74, 6) is 0.0377. The van der Waals surface area contributed by atoms with Gasteiger partial charge in [-0.2, -0.15) is 0 Å². The zero-order valence-electron chi connectivity index (χ0n) is 22.0. The molecule has 0 aliphatic heterocycles. The molecule has 2 N–H and O–H groups in total. The van der Waals surface area contributed by atoms with Gasteiger partial charge < -0.3 is 19.7 Å². The highest BCUT2D eigenvalue weighted by Gasteiger charge is 2.17. The first-order valence-corrected chi connectivity index (χ1v) is 13.2. The largest absolute Gasteiger partial charge is 0.490 e. The lowest BCUT2D eigenvalue weighted by atomic mass is 9.86. The monoisotopic (exact) mass is 496 g/mol. The highest BCUT2D eigenvalue weighted by molar-refractivity contribution is 5.88. The Labute approximate surface area is 219 Å². The van der Waals surface area contributed by atoms with Gasteiger partial charge in [-0.15, -0.1) is 0 Å². The molecule has 4 aromatic rings. The molecule has 192 valence electrons. The third-order valence-electron chi connectivity index (χ3n) is 7.24. The molecular weight excluding hydrogens is 460 g/mol. The second kappa shape index (κ2) is 10.4. The predicted octanol–water partition coefficient (Wildman–Crippen LogP) is 7.09. The zero-order valence-corrected chi connectivity index (χ0v) is 22.0. The Hall–Kier alpha value is -3.57. The van der Waals surface area contributed by atoms with Crippen molar-refractivity contribution < 1.29 is 14.6 Å². The second-order valence-electron chi connectivity index (χ2n) is 11.1. The Morgan fingerprint density at radius 3 is 2.27 bits per heavy atom. The van der Waals surface area contributed by atoms with Gasteiger partial charge in [-0.1, -0.05) is 51.1 Å². The first-order valence-electron chi connectivity index (χ1n) is 13.2. The van der Waals surface area contributed by atoms with Gasteiger partial charge in [-0.05, 0) is 90.3 Å². The van der Waals surface area contributed by atoms with Crippen LogP contribution >= 0.6 is 0 Å². The average molecular weight is 497 g/mol. The predicted molar refractivity (Wildman–Crippen MR) is 150 cm³/mol. The van der Waals surface area contributed by atoms with Gasteiger partial charge in [0.1, 0.15) is 5.75 Å². The van der Waals surface area contributed by atoms with Gasteiger partial charge in [0.05, 0.1) is 18.2 Å². The molecule has 5 nitrogen and oxygen atoms in total. The van der Waals surface area contributed by atoms with E-state index in [1.165, 1.54) is 24.0 Å². The van der Waals surface area contributed by atoms with E-state index in [0.717, 1.165) is 46.4 Å². The van der Waals surface area contributed by atoms with Crippen LogP contribution in [0.1, 0.15) is 57.7 Å². The Bertz CT molecular complexity index is 1370. The van der Waals surface area contributed by atoms with Crippen molar-refractivity contribution >= 4 is 16.9 Å². The maximum Gasteiger partial charge on any atom is 0.317 e. The summed E-state index contributed by atoms with van der Waals surface area (Å²) >= 11 is 0. The van der Waals surface area contributed by atoms with Crippen LogP contribution < -0.4 is 10.1 Å². The summed E-state index contributed by atoms with van der Waals surface area (Å²) < 4.78 is 8.37. The van der Waals surface area contributed by atoms with Crippen LogP contribution in [-0.4, -0.2) is 28.3 Å². The van der Waals surface area contributed by atoms with Gasteiger partial charge in [0.2, 0.25) is 0 Å². The number of nitrogens with one attached hydrogen (secondary N) is 1. The molecule has 5 rings (SSSR count). The number of rotatable bonds is 8. The van der Waals surface area contributed by atoms with Crippen LogP contribution in [0.15, 0.2) is 72.8 Å². The minimum Gasteiger partial charge on any atom is -0.490 e. The minimum atomic E-state index is -0.864. The zero-order chi connectivity index (χ0) is 26.0. The van der Waals surface area contributed by atoms with Crippen molar-refractivity contribution in [1.29, 1.82) is 0 Å². The quantitative estimate of drug-likeness (QED) is 0.273. The fraction of sp³-hybridized carbons (Fsp3) is 0.344. The summed E-state index contributed by atoms with van der Waals surface area (Å²) in [6, 6.07) is 25.8. The first kappa shape index (κ1) is 25.1. The van der Waals surface area contributed by atoms with Crippen molar-refractivity contribution in [3.63, 3.8) is 0 Å². The van der Waals surface area contributed by atoms with Crippen LogP contribution in [0.5, 0.6) is 5.75 Å². The Morgan fingerprint density at radius 2 is 1.62 bits per heavy atom. The summed E-state index contributed by atoms with van der Waals surface area (Å²) in [6.45, 7) is 7.05. The topological polar surface area (TPSA) is 63.5 Å². The molecule has 0 unspecified atom stereocenters. The van der Waals surface area contributed by atoms with Crippen molar-refractivity contribution in [2.45, 2.75) is 64.5 Å². The van der Waals surface area contributed by atoms with Crippen LogP contribution in [0.25, 0.3) is 27.7 Å². The lowest BCUT2D eigenvalue weighted by molar-refractivity contribution is -0.136. The molecule has 0 spiro atoms. The van der Waals surface area contributed by atoms with Gasteiger partial charge in [0.15, 0.2) is 0 Å². The number of nitrogens with zero attached hydrogens (tertiary/aromatic N) is 1. The Kier molecular flexibility index (Phi) is 7.07. The molecule has 0 amide bonds. The third-order valence-corrected chi connectivity index (χ3v) is 7.24. The van der Waals surface area contributed by atoms with Crippen molar-refractivity contribution in [3.05, 3.63) is 84.1 Å². The van der Waals surface area contributed by atoms with Gasteiger partial charge in [0, 0.05) is 23.3 Å². The van der Waals surface area contributed by atoms with Crippen molar-refractivity contribution in [1.82, 2.24) is 9.88 Å². The van der Waals surface area contributed by atoms with E-state index in [2.05, 4.69) is 91.3 Å². The highest BCUT2D eigenvalue weighted by Crippen LogP contribution is 2.32. The van der Waals surface area contributed by atoms with Gasteiger partial charge in [-0.3, -0.25) is 4.79 Å². The van der Waals surface area contributed by atoms with E-state index in [-0.39, 0.29) is 12.0 Å². The lowest BCUT2D eigenvalue weighted by Gasteiger charge is -2.19. The van der Waals surface area contributed by atoms with Crippen LogP contribution in [0.2, 0.25) is 0 Å². The summed E-state index contributed by atoms with van der Waals surface area (Å²) in [6.07, 6.45) is 5.07. The van der Waals surface area contributed by atoms with Gasteiger partial charge >= 0.3 is 5.97 Å². The standard InChI is InChI=1S/C32H36N2O3/c1-32(2,3)25-11-8-22(9-12-25)23-10-17-30-24(18-23)19-27(20-33-21-31(35)36)34(30)26-13-15-29(16-14-26)37-28-6-4-5-7-28/h8-19,28,33H,4-7,20-21H2,1-3H3,(H,35,36). The summed E-state index contributed by atoms with van der Waals surface area (Å²) in [5, 5.41) is 13.3. The van der Waals surface area contributed by atoms with Crippen molar-refractivity contribution in [3.8, 4) is 22.6 Å². The Morgan fingerprint density at radius 1 is 0.946 bits per heavy atom. The SMILES string of the molecule is CC(C)(C)c1ccc(-c2ccc3c(c2)cc(CNCC(=O)O)n3-c2ccc(OC3CCCC3)cc2)cc1. The molecule has 1 saturated carbocycles. The average Bonchev–Trinajstić information content (AvgIpc) is 3.51. The molecule has 1 aromatic heterocycles. The number of ether oxygens (including phenoxy) is 1. The molecular formula is C32H36N2O3. The van der Waals surface area contributed by atoms with Gasteiger partial charge in [-0.25, -0.2) is 0 Å².